The van der Waals surface area contributed by atoms with E-state index in [4.69, 9.17) is 10.6 Å². The summed E-state index contributed by atoms with van der Waals surface area (Å²) in [4.78, 5) is 8.29. The maximum Gasteiger partial charge on any atom is 0.242 e. The lowest BCUT2D eigenvalue weighted by atomic mass is 10.3. The number of aromatic nitrogens is 4. The Bertz CT molecular complexity index is 711. The molecule has 19 heavy (non-hydrogen) atoms. The summed E-state index contributed by atoms with van der Waals surface area (Å²) < 4.78 is 6.69. The van der Waals surface area contributed by atoms with E-state index >= 15 is 0 Å². The van der Waals surface area contributed by atoms with Crippen LogP contribution in [-0.2, 0) is 0 Å². The maximum absolute atomic E-state index is 5.72. The Kier molecular flexibility index (Phi) is 3.02. The fourth-order valence-electron chi connectivity index (χ4n) is 1.56. The van der Waals surface area contributed by atoms with Crippen LogP contribution < -0.4 is 16.0 Å². The van der Waals surface area contributed by atoms with E-state index in [0.29, 0.717) is 22.7 Å². The van der Waals surface area contributed by atoms with Crippen LogP contribution in [0.5, 0.6) is 11.6 Å². The number of nitrogens with zero attached hydrogens (tertiary/aromatic N) is 3. The van der Waals surface area contributed by atoms with Gasteiger partial charge in [-0.25, -0.2) is 5.84 Å². The number of halogens is 1. The molecule has 0 bridgehead atoms. The van der Waals surface area contributed by atoms with Crippen molar-refractivity contribution in [1.29, 1.82) is 0 Å². The normalized spacial score (nSPS) is 10.6. The molecule has 3 rings (SSSR count). The van der Waals surface area contributed by atoms with Gasteiger partial charge in [0.2, 0.25) is 11.8 Å². The van der Waals surface area contributed by atoms with Gasteiger partial charge in [-0.15, -0.1) is 0 Å². The number of hydrogen-bond acceptors (Lipinski definition) is 6. The van der Waals surface area contributed by atoms with Crippen molar-refractivity contribution >= 4 is 32.9 Å². The molecular formula is C11H9BrN6O. The minimum Gasteiger partial charge on any atom is -0.438 e. The van der Waals surface area contributed by atoms with E-state index in [-0.39, 0.29) is 5.95 Å². The third-order valence-corrected chi connectivity index (χ3v) is 2.96. The van der Waals surface area contributed by atoms with Crippen molar-refractivity contribution in [3.05, 3.63) is 34.9 Å². The fourth-order valence-corrected chi connectivity index (χ4v) is 1.83. The number of nitrogens with two attached hydrogens (primary N) is 1. The molecule has 4 N–H and O–H groups in total. The summed E-state index contributed by atoms with van der Waals surface area (Å²) in [7, 11) is 0. The van der Waals surface area contributed by atoms with Crippen molar-refractivity contribution in [2.45, 2.75) is 0 Å². The first kappa shape index (κ1) is 11.9. The lowest BCUT2D eigenvalue weighted by molar-refractivity contribution is 0.469. The molecule has 3 aromatic rings. The Morgan fingerprint density at radius 3 is 2.74 bits per heavy atom. The maximum atomic E-state index is 5.72. The molecule has 1 aromatic carbocycles. The lowest BCUT2D eigenvalue weighted by Crippen LogP contribution is -2.10. The van der Waals surface area contributed by atoms with Gasteiger partial charge in [0.15, 0.2) is 5.65 Å². The predicted octanol–water partition coefficient (Wildman–Crippen LogP) is 2.19. The van der Waals surface area contributed by atoms with Gasteiger partial charge in [-0.05, 0) is 24.3 Å². The molecule has 0 aliphatic heterocycles. The van der Waals surface area contributed by atoms with Gasteiger partial charge in [-0.1, -0.05) is 15.9 Å². The fraction of sp³-hybridized carbons (Fsp3) is 0. The molecule has 0 spiro atoms. The SMILES string of the molecule is NNc1nc(Oc2ccc(Br)cc2)c2cn[nH]c2n1. The second kappa shape index (κ2) is 4.82. The number of benzene rings is 1. The first-order chi connectivity index (χ1) is 9.26. The first-order valence-corrected chi connectivity index (χ1v) is 6.17. The second-order valence-electron chi connectivity index (χ2n) is 3.68. The third kappa shape index (κ3) is 2.35. The minimum absolute atomic E-state index is 0.254. The minimum atomic E-state index is 0.254. The third-order valence-electron chi connectivity index (χ3n) is 2.43. The molecule has 0 unspecified atom stereocenters. The zero-order chi connectivity index (χ0) is 13.2. The van der Waals surface area contributed by atoms with Gasteiger partial charge in [-0.3, -0.25) is 10.5 Å². The molecule has 0 fully saturated rings. The average molecular weight is 321 g/mol. The van der Waals surface area contributed by atoms with E-state index < -0.39 is 0 Å². The van der Waals surface area contributed by atoms with Crippen molar-refractivity contribution in [1.82, 2.24) is 20.2 Å². The second-order valence-corrected chi connectivity index (χ2v) is 4.60. The largest absolute Gasteiger partial charge is 0.438 e. The monoisotopic (exact) mass is 320 g/mol. The highest BCUT2D eigenvalue weighted by atomic mass is 79.9. The van der Waals surface area contributed by atoms with Crippen LogP contribution in [0.2, 0.25) is 0 Å². The number of fused-ring (bicyclic) bond motifs is 1. The molecule has 2 aromatic heterocycles. The summed E-state index contributed by atoms with van der Waals surface area (Å²) >= 11 is 3.36. The number of nitrogen functional groups attached to an aromatic ring is 1. The van der Waals surface area contributed by atoms with Gasteiger partial charge in [0, 0.05) is 4.47 Å². The molecular weight excluding hydrogens is 312 g/mol. The zero-order valence-electron chi connectivity index (χ0n) is 9.59. The number of aromatic amines is 1. The number of rotatable bonds is 3. The van der Waals surface area contributed by atoms with E-state index in [2.05, 4.69) is 41.5 Å². The van der Waals surface area contributed by atoms with Gasteiger partial charge >= 0.3 is 0 Å². The number of nitrogens with one attached hydrogen (secondary N) is 2. The Hall–Kier alpha value is -2.19. The van der Waals surface area contributed by atoms with E-state index in [1.807, 2.05) is 24.3 Å². The first-order valence-electron chi connectivity index (χ1n) is 5.37. The number of H-pyrrole nitrogens is 1. The Morgan fingerprint density at radius 2 is 2.00 bits per heavy atom. The molecule has 0 saturated carbocycles. The number of hydrazine groups is 1. The van der Waals surface area contributed by atoms with Gasteiger partial charge in [0.25, 0.3) is 0 Å². The topological polar surface area (TPSA) is 102 Å². The van der Waals surface area contributed by atoms with Gasteiger partial charge in [0.05, 0.1) is 6.20 Å². The number of hydrogen-bond donors (Lipinski definition) is 3. The molecule has 0 saturated heterocycles. The van der Waals surface area contributed by atoms with Crippen LogP contribution in [-0.4, -0.2) is 20.2 Å². The van der Waals surface area contributed by atoms with Crippen LogP contribution >= 0.6 is 15.9 Å². The van der Waals surface area contributed by atoms with E-state index in [0.717, 1.165) is 4.47 Å². The standard InChI is InChI=1S/C11H9BrN6O/c12-6-1-3-7(4-2-6)19-10-8-5-14-18-9(8)15-11(16-10)17-13/h1-5H,13H2,(H2,14,15,16,17,18). The van der Waals surface area contributed by atoms with E-state index in [1.54, 1.807) is 6.20 Å². The molecule has 0 aliphatic rings. The van der Waals surface area contributed by atoms with Crippen molar-refractivity contribution in [2.75, 3.05) is 5.43 Å². The summed E-state index contributed by atoms with van der Waals surface area (Å²) in [6.45, 7) is 0. The lowest BCUT2D eigenvalue weighted by Gasteiger charge is -2.07. The molecule has 8 heteroatoms. The highest BCUT2D eigenvalue weighted by Gasteiger charge is 2.11. The molecule has 0 radical (unpaired) electrons. The summed E-state index contributed by atoms with van der Waals surface area (Å²) in [5.41, 5.74) is 2.94. The molecule has 0 amide bonds. The van der Waals surface area contributed by atoms with Crippen LogP contribution in [0.3, 0.4) is 0 Å². The summed E-state index contributed by atoms with van der Waals surface area (Å²) in [6, 6.07) is 7.41. The van der Waals surface area contributed by atoms with Gasteiger partial charge < -0.3 is 4.74 Å². The Labute approximate surface area is 116 Å². The van der Waals surface area contributed by atoms with Crippen LogP contribution in [0.25, 0.3) is 11.0 Å². The van der Waals surface area contributed by atoms with Crippen molar-refractivity contribution in [2.24, 2.45) is 5.84 Å². The van der Waals surface area contributed by atoms with E-state index in [1.165, 1.54) is 0 Å². The average Bonchev–Trinajstić information content (AvgIpc) is 2.89. The molecule has 7 nitrogen and oxygen atoms in total. The van der Waals surface area contributed by atoms with Crippen molar-refractivity contribution < 1.29 is 4.74 Å². The predicted molar refractivity (Wildman–Crippen MR) is 73.7 cm³/mol. The Balaban J connectivity index is 2.03. The smallest absolute Gasteiger partial charge is 0.242 e. The van der Waals surface area contributed by atoms with Crippen molar-refractivity contribution in [3.63, 3.8) is 0 Å². The molecule has 2 heterocycles. The summed E-state index contributed by atoms with van der Waals surface area (Å²) in [5, 5.41) is 7.34. The summed E-state index contributed by atoms with van der Waals surface area (Å²) in [6.07, 6.45) is 1.60. The number of anilines is 1. The van der Waals surface area contributed by atoms with Gasteiger partial charge in [-0.2, -0.15) is 15.1 Å². The highest BCUT2D eigenvalue weighted by molar-refractivity contribution is 9.10. The van der Waals surface area contributed by atoms with Crippen LogP contribution in [0, 0.1) is 0 Å². The van der Waals surface area contributed by atoms with Crippen molar-refractivity contribution in [3.8, 4) is 11.6 Å². The zero-order valence-corrected chi connectivity index (χ0v) is 11.2. The van der Waals surface area contributed by atoms with E-state index in [9.17, 15) is 0 Å². The van der Waals surface area contributed by atoms with Gasteiger partial charge in [0.1, 0.15) is 11.1 Å². The quantitative estimate of drug-likeness (QED) is 0.505. The Morgan fingerprint density at radius 1 is 1.21 bits per heavy atom. The molecule has 0 atom stereocenters. The van der Waals surface area contributed by atoms with Crippen LogP contribution in [0.4, 0.5) is 5.95 Å². The molecule has 96 valence electrons. The summed E-state index contributed by atoms with van der Waals surface area (Å²) in [5.74, 6) is 6.62. The van der Waals surface area contributed by atoms with Crippen LogP contribution in [0.15, 0.2) is 34.9 Å². The molecule has 0 aliphatic carbocycles. The van der Waals surface area contributed by atoms with Crippen LogP contribution in [0.1, 0.15) is 0 Å². The number of ether oxygens (including phenoxy) is 1. The highest BCUT2D eigenvalue weighted by Crippen LogP contribution is 2.27.